The maximum atomic E-state index is 5.90. The van der Waals surface area contributed by atoms with Gasteiger partial charge in [-0.1, -0.05) is 23.7 Å². The quantitative estimate of drug-likeness (QED) is 0.626. The molecule has 2 aromatic carbocycles. The number of guanidine groups is 1. The number of hydrogen-bond acceptors (Lipinski definition) is 3. The largest absolute Gasteiger partial charge is 0.495 e. The lowest BCUT2D eigenvalue weighted by Gasteiger charge is -2.14. The third-order valence-electron chi connectivity index (χ3n) is 3.04. The van der Waals surface area contributed by atoms with Crippen molar-refractivity contribution >= 4 is 23.2 Å². The Hall–Kier alpha value is -2.40. The highest BCUT2D eigenvalue weighted by Gasteiger charge is 2.05. The molecule has 0 saturated heterocycles. The average Bonchev–Trinajstić information content (AvgIpc) is 2.55. The van der Waals surface area contributed by atoms with E-state index in [4.69, 9.17) is 26.8 Å². The minimum atomic E-state index is -0.116. The minimum Gasteiger partial charge on any atom is -0.495 e. The van der Waals surface area contributed by atoms with Crippen molar-refractivity contribution < 1.29 is 9.47 Å². The van der Waals surface area contributed by atoms with Gasteiger partial charge >= 0.3 is 0 Å². The third kappa shape index (κ3) is 5.38. The van der Waals surface area contributed by atoms with E-state index in [0.29, 0.717) is 23.3 Å². The molecule has 2 rings (SSSR count). The minimum absolute atomic E-state index is 0.116. The van der Waals surface area contributed by atoms with Crippen molar-refractivity contribution in [1.29, 1.82) is 0 Å². The van der Waals surface area contributed by atoms with Gasteiger partial charge in [0.1, 0.15) is 17.6 Å². The van der Waals surface area contributed by atoms with E-state index in [9.17, 15) is 0 Å². The van der Waals surface area contributed by atoms with Crippen LogP contribution in [0.1, 0.15) is 6.92 Å². The number of para-hydroxylation sites is 2. The van der Waals surface area contributed by atoms with Crippen molar-refractivity contribution in [2.45, 2.75) is 13.0 Å². The molecule has 23 heavy (non-hydrogen) atoms. The molecule has 3 N–H and O–H groups in total. The van der Waals surface area contributed by atoms with E-state index >= 15 is 0 Å². The zero-order valence-electron chi connectivity index (χ0n) is 13.1. The fraction of sp³-hybridized carbons (Fsp3) is 0.235. The summed E-state index contributed by atoms with van der Waals surface area (Å²) < 4.78 is 11.0. The highest BCUT2D eigenvalue weighted by atomic mass is 35.5. The van der Waals surface area contributed by atoms with Gasteiger partial charge in [-0.2, -0.15) is 0 Å². The summed E-state index contributed by atoms with van der Waals surface area (Å²) in [6, 6.07) is 14.7. The second kappa shape index (κ2) is 8.29. The van der Waals surface area contributed by atoms with Crippen LogP contribution in [-0.2, 0) is 0 Å². The molecule has 0 aliphatic rings. The SMILES string of the molecule is COc1ccccc1NC(N)=NCC(C)Oc1ccc(Cl)cc1. The van der Waals surface area contributed by atoms with Crippen LogP contribution in [0.4, 0.5) is 5.69 Å². The molecule has 6 heteroatoms. The Labute approximate surface area is 141 Å². The Morgan fingerprint density at radius 1 is 1.22 bits per heavy atom. The summed E-state index contributed by atoms with van der Waals surface area (Å²) >= 11 is 5.84. The number of aliphatic imine (C=N–C) groups is 1. The van der Waals surface area contributed by atoms with E-state index in [2.05, 4.69) is 10.3 Å². The highest BCUT2D eigenvalue weighted by molar-refractivity contribution is 6.30. The van der Waals surface area contributed by atoms with Crippen LogP contribution in [-0.4, -0.2) is 25.7 Å². The van der Waals surface area contributed by atoms with Gasteiger partial charge in [-0.15, -0.1) is 0 Å². The van der Waals surface area contributed by atoms with Gasteiger partial charge in [-0.3, -0.25) is 0 Å². The van der Waals surface area contributed by atoms with Gasteiger partial charge in [0.25, 0.3) is 0 Å². The first-order valence-electron chi connectivity index (χ1n) is 7.20. The van der Waals surface area contributed by atoms with Crippen LogP contribution in [0, 0.1) is 0 Å². The molecule has 0 aliphatic carbocycles. The molecule has 1 atom stereocenters. The standard InChI is InChI=1S/C17H20ClN3O2/c1-12(23-14-9-7-13(18)8-10-14)11-20-17(19)21-15-5-3-4-6-16(15)22-2/h3-10,12H,11H2,1-2H3,(H3,19,20,21). The number of methoxy groups -OCH3 is 1. The lowest BCUT2D eigenvalue weighted by Crippen LogP contribution is -2.25. The summed E-state index contributed by atoms with van der Waals surface area (Å²) in [5, 5.41) is 3.69. The van der Waals surface area contributed by atoms with Gasteiger partial charge in [0.15, 0.2) is 5.96 Å². The molecular weight excluding hydrogens is 314 g/mol. The van der Waals surface area contributed by atoms with Gasteiger partial charge in [0.05, 0.1) is 19.3 Å². The van der Waals surface area contributed by atoms with Crippen LogP contribution in [0.15, 0.2) is 53.5 Å². The molecular formula is C17H20ClN3O2. The van der Waals surface area contributed by atoms with E-state index in [1.165, 1.54) is 0 Å². The molecule has 0 aliphatic heterocycles. The molecule has 0 amide bonds. The molecule has 1 unspecified atom stereocenters. The predicted octanol–water partition coefficient (Wildman–Crippen LogP) is 3.54. The Bertz CT molecular complexity index is 659. The fourth-order valence-electron chi connectivity index (χ4n) is 1.94. The van der Waals surface area contributed by atoms with Crippen LogP contribution in [0.25, 0.3) is 0 Å². The second-order valence-corrected chi connectivity index (χ2v) is 5.37. The number of anilines is 1. The van der Waals surface area contributed by atoms with Gasteiger partial charge < -0.3 is 20.5 Å². The van der Waals surface area contributed by atoms with Gasteiger partial charge in [-0.25, -0.2) is 4.99 Å². The molecule has 2 aromatic rings. The molecule has 0 spiro atoms. The topological polar surface area (TPSA) is 68.9 Å². The number of benzene rings is 2. The van der Waals surface area contributed by atoms with Gasteiger partial charge in [0, 0.05) is 5.02 Å². The maximum Gasteiger partial charge on any atom is 0.193 e. The number of rotatable bonds is 6. The van der Waals surface area contributed by atoms with E-state index in [1.54, 1.807) is 19.2 Å². The first-order valence-corrected chi connectivity index (χ1v) is 7.58. The van der Waals surface area contributed by atoms with Crippen molar-refractivity contribution in [1.82, 2.24) is 0 Å². The van der Waals surface area contributed by atoms with Crippen LogP contribution in [0.5, 0.6) is 11.5 Å². The first-order chi connectivity index (χ1) is 11.1. The Morgan fingerprint density at radius 2 is 1.91 bits per heavy atom. The average molecular weight is 334 g/mol. The Morgan fingerprint density at radius 3 is 2.61 bits per heavy atom. The number of hydrogen-bond donors (Lipinski definition) is 2. The molecule has 5 nitrogen and oxygen atoms in total. The van der Waals surface area contributed by atoms with E-state index in [1.807, 2.05) is 43.3 Å². The summed E-state index contributed by atoms with van der Waals surface area (Å²) in [4.78, 5) is 4.29. The van der Waals surface area contributed by atoms with Crippen molar-refractivity contribution in [3.05, 3.63) is 53.6 Å². The number of ether oxygens (including phenoxy) is 2. The molecule has 0 bridgehead atoms. The Balaban J connectivity index is 1.89. The monoisotopic (exact) mass is 333 g/mol. The molecule has 0 aromatic heterocycles. The normalized spacial score (nSPS) is 12.6. The van der Waals surface area contributed by atoms with Crippen molar-refractivity contribution in [2.24, 2.45) is 10.7 Å². The van der Waals surface area contributed by atoms with Gasteiger partial charge in [0.2, 0.25) is 0 Å². The summed E-state index contributed by atoms with van der Waals surface area (Å²) in [7, 11) is 1.61. The maximum absolute atomic E-state index is 5.90. The van der Waals surface area contributed by atoms with Crippen molar-refractivity contribution in [2.75, 3.05) is 19.0 Å². The second-order valence-electron chi connectivity index (χ2n) is 4.93. The number of nitrogens with one attached hydrogen (secondary N) is 1. The molecule has 0 fully saturated rings. The highest BCUT2D eigenvalue weighted by Crippen LogP contribution is 2.22. The summed E-state index contributed by atoms with van der Waals surface area (Å²) in [6.07, 6.45) is -0.116. The van der Waals surface area contributed by atoms with Crippen molar-refractivity contribution in [3.8, 4) is 11.5 Å². The first kappa shape index (κ1) is 17.0. The molecule has 0 saturated carbocycles. The van der Waals surface area contributed by atoms with E-state index in [-0.39, 0.29) is 6.10 Å². The van der Waals surface area contributed by atoms with E-state index < -0.39 is 0 Å². The third-order valence-corrected chi connectivity index (χ3v) is 3.29. The fourth-order valence-corrected chi connectivity index (χ4v) is 2.06. The molecule has 0 heterocycles. The smallest absolute Gasteiger partial charge is 0.193 e. The summed E-state index contributed by atoms with van der Waals surface area (Å²) in [5.41, 5.74) is 6.67. The summed E-state index contributed by atoms with van der Waals surface area (Å²) in [6.45, 7) is 2.35. The lowest BCUT2D eigenvalue weighted by atomic mass is 10.3. The van der Waals surface area contributed by atoms with E-state index in [0.717, 1.165) is 11.4 Å². The van der Waals surface area contributed by atoms with Crippen LogP contribution in [0.3, 0.4) is 0 Å². The number of nitrogens with two attached hydrogens (primary N) is 1. The summed E-state index contributed by atoms with van der Waals surface area (Å²) in [5.74, 6) is 1.76. The zero-order valence-corrected chi connectivity index (χ0v) is 13.9. The number of nitrogens with zero attached hydrogens (tertiary/aromatic N) is 1. The van der Waals surface area contributed by atoms with Crippen molar-refractivity contribution in [3.63, 3.8) is 0 Å². The van der Waals surface area contributed by atoms with Crippen LogP contribution >= 0.6 is 11.6 Å². The predicted molar refractivity (Wildman–Crippen MR) is 94.6 cm³/mol. The molecule has 0 radical (unpaired) electrons. The van der Waals surface area contributed by atoms with Gasteiger partial charge in [-0.05, 0) is 43.3 Å². The molecule has 122 valence electrons. The van der Waals surface area contributed by atoms with Crippen LogP contribution in [0.2, 0.25) is 5.02 Å². The zero-order chi connectivity index (χ0) is 16.7. The lowest BCUT2D eigenvalue weighted by molar-refractivity contribution is 0.230. The van der Waals surface area contributed by atoms with Crippen LogP contribution < -0.4 is 20.5 Å². The number of halogens is 1. The Kier molecular flexibility index (Phi) is 6.11.